The molecule has 0 fully saturated rings. The maximum Gasteiger partial charge on any atom is 0.136 e. The van der Waals surface area contributed by atoms with Crippen LogP contribution in [-0.4, -0.2) is 0 Å². The van der Waals surface area contributed by atoms with Crippen molar-refractivity contribution in [2.45, 2.75) is 0 Å². The SMILES string of the molecule is c1cc(-c2cccc3oc4ccc5ccc6oc7ccccc7c6c5c4c23)cc(N(c2ccc(-c3cccc4ccccc34)cc2)c2ccc(-c3cccc4ccccc34)cc2)c1. The third-order valence-corrected chi connectivity index (χ3v) is 12.9. The van der Waals surface area contributed by atoms with Crippen LogP contribution in [0.3, 0.4) is 0 Å². The first-order chi connectivity index (χ1) is 31.2. The summed E-state index contributed by atoms with van der Waals surface area (Å²) in [7, 11) is 0. The number of furan rings is 2. The Morgan fingerprint density at radius 1 is 0.254 bits per heavy atom. The molecule has 3 nitrogen and oxygen atoms in total. The van der Waals surface area contributed by atoms with Crippen molar-refractivity contribution in [3.8, 4) is 33.4 Å². The Kier molecular flexibility index (Phi) is 7.91. The molecule has 0 saturated carbocycles. The molecule has 0 saturated heterocycles. The average Bonchev–Trinajstić information content (AvgIpc) is 3.93. The summed E-state index contributed by atoms with van der Waals surface area (Å²) >= 11 is 0. The summed E-state index contributed by atoms with van der Waals surface area (Å²) in [6.07, 6.45) is 0. The Hall–Kier alpha value is -8.40. The molecule has 0 aliphatic carbocycles. The Morgan fingerprint density at radius 3 is 1.41 bits per heavy atom. The molecule has 0 atom stereocenters. The van der Waals surface area contributed by atoms with E-state index in [-0.39, 0.29) is 0 Å². The van der Waals surface area contributed by atoms with Crippen molar-refractivity contribution < 1.29 is 8.83 Å². The van der Waals surface area contributed by atoms with Crippen LogP contribution in [0, 0.1) is 0 Å². The zero-order chi connectivity index (χ0) is 41.4. The number of rotatable bonds is 6. The van der Waals surface area contributed by atoms with Crippen molar-refractivity contribution in [1.82, 2.24) is 0 Å². The smallest absolute Gasteiger partial charge is 0.136 e. The lowest BCUT2D eigenvalue weighted by molar-refractivity contribution is 0.669. The molecule has 0 unspecified atom stereocenters. The molecular weight excluding hydrogens is 767 g/mol. The average molecular weight is 804 g/mol. The van der Waals surface area contributed by atoms with Crippen molar-refractivity contribution in [1.29, 1.82) is 0 Å². The molecule has 3 heteroatoms. The highest BCUT2D eigenvalue weighted by atomic mass is 16.3. The second-order valence-electron chi connectivity index (χ2n) is 16.4. The highest BCUT2D eigenvalue weighted by Gasteiger charge is 2.21. The number of hydrogen-bond acceptors (Lipinski definition) is 3. The minimum absolute atomic E-state index is 0.857. The molecule has 11 aromatic carbocycles. The van der Waals surface area contributed by atoms with Crippen LogP contribution in [-0.2, 0) is 0 Å². The van der Waals surface area contributed by atoms with Crippen LogP contribution in [0.25, 0.3) is 110 Å². The lowest BCUT2D eigenvalue weighted by Gasteiger charge is -2.26. The fraction of sp³-hybridized carbons (Fsp3) is 0. The van der Waals surface area contributed by atoms with E-state index >= 15 is 0 Å². The topological polar surface area (TPSA) is 29.5 Å². The van der Waals surface area contributed by atoms with Crippen LogP contribution >= 0.6 is 0 Å². The van der Waals surface area contributed by atoms with Gasteiger partial charge in [-0.1, -0.05) is 164 Å². The van der Waals surface area contributed by atoms with E-state index in [1.807, 2.05) is 12.1 Å². The molecule has 13 aromatic rings. The van der Waals surface area contributed by atoms with Gasteiger partial charge in [0, 0.05) is 44.0 Å². The van der Waals surface area contributed by atoms with Crippen LogP contribution in [0.1, 0.15) is 0 Å². The molecule has 63 heavy (non-hydrogen) atoms. The van der Waals surface area contributed by atoms with Crippen LogP contribution < -0.4 is 4.90 Å². The molecule has 2 heterocycles. The molecule has 13 rings (SSSR count). The zero-order valence-corrected chi connectivity index (χ0v) is 34.1. The summed E-state index contributed by atoms with van der Waals surface area (Å²) in [6, 6.07) is 80.5. The number of anilines is 3. The van der Waals surface area contributed by atoms with Crippen molar-refractivity contribution >= 4 is 93.3 Å². The summed E-state index contributed by atoms with van der Waals surface area (Å²) in [4.78, 5) is 2.37. The predicted molar refractivity (Wildman–Crippen MR) is 265 cm³/mol. The Bertz CT molecular complexity index is 3770. The second kappa shape index (κ2) is 14.1. The molecule has 0 amide bonds. The Balaban J connectivity index is 0.989. The molecule has 0 radical (unpaired) electrons. The van der Waals surface area contributed by atoms with Crippen molar-refractivity contribution in [2.24, 2.45) is 0 Å². The molecule has 0 N–H and O–H groups in total. The van der Waals surface area contributed by atoms with E-state index in [1.165, 1.54) is 43.8 Å². The molecule has 0 spiro atoms. The summed E-state index contributed by atoms with van der Waals surface area (Å²) in [5.41, 5.74) is 13.7. The number of fused-ring (bicyclic) bond motifs is 11. The van der Waals surface area contributed by atoms with Gasteiger partial charge in [-0.15, -0.1) is 0 Å². The van der Waals surface area contributed by atoms with E-state index in [0.29, 0.717) is 0 Å². The largest absolute Gasteiger partial charge is 0.456 e. The van der Waals surface area contributed by atoms with Gasteiger partial charge in [0.1, 0.15) is 22.3 Å². The monoisotopic (exact) mass is 803 g/mol. The van der Waals surface area contributed by atoms with Gasteiger partial charge in [0.15, 0.2) is 0 Å². The fourth-order valence-corrected chi connectivity index (χ4v) is 9.97. The first-order valence-electron chi connectivity index (χ1n) is 21.5. The molecule has 0 aliphatic heterocycles. The maximum absolute atomic E-state index is 6.68. The van der Waals surface area contributed by atoms with E-state index in [2.05, 4.69) is 217 Å². The van der Waals surface area contributed by atoms with Gasteiger partial charge in [0.05, 0.1) is 0 Å². The van der Waals surface area contributed by atoms with E-state index in [4.69, 9.17) is 8.83 Å². The van der Waals surface area contributed by atoms with Gasteiger partial charge in [-0.05, 0) is 121 Å². The standard InChI is InChI=1S/C60H37NO2/c1-3-17-47-38(11-1)13-8-20-49(47)40-25-31-44(32-26-40)61(45-33-27-41(28-34-45)50-21-9-14-39-12-2-4-18-48(39)50)46-16-7-15-43(37-46)51-22-10-24-54-58(51)60-56(63-54)36-30-42-29-35-55-59(57(42)60)52-19-5-6-23-53(52)62-55/h1-37H. The summed E-state index contributed by atoms with van der Waals surface area (Å²) in [6.45, 7) is 0. The number of nitrogens with zero attached hydrogens (tertiary/aromatic N) is 1. The van der Waals surface area contributed by atoms with Gasteiger partial charge in [-0.3, -0.25) is 0 Å². The van der Waals surface area contributed by atoms with E-state index < -0.39 is 0 Å². The minimum Gasteiger partial charge on any atom is -0.456 e. The van der Waals surface area contributed by atoms with Gasteiger partial charge in [-0.2, -0.15) is 0 Å². The van der Waals surface area contributed by atoms with Gasteiger partial charge < -0.3 is 13.7 Å². The number of para-hydroxylation sites is 1. The normalized spacial score (nSPS) is 11.8. The van der Waals surface area contributed by atoms with Crippen LogP contribution in [0.15, 0.2) is 233 Å². The van der Waals surface area contributed by atoms with E-state index in [1.54, 1.807) is 0 Å². The predicted octanol–water partition coefficient (Wildman–Crippen LogP) is 17.4. The van der Waals surface area contributed by atoms with Crippen molar-refractivity contribution in [2.75, 3.05) is 4.90 Å². The Labute approximate surface area is 363 Å². The van der Waals surface area contributed by atoms with E-state index in [0.717, 1.165) is 82.8 Å². The summed E-state index contributed by atoms with van der Waals surface area (Å²) in [5.74, 6) is 0. The fourth-order valence-electron chi connectivity index (χ4n) is 9.97. The summed E-state index contributed by atoms with van der Waals surface area (Å²) in [5, 5.41) is 11.7. The van der Waals surface area contributed by atoms with Crippen molar-refractivity contribution in [3.63, 3.8) is 0 Å². The summed E-state index contributed by atoms with van der Waals surface area (Å²) < 4.78 is 13.1. The molecule has 294 valence electrons. The zero-order valence-electron chi connectivity index (χ0n) is 34.1. The molecule has 0 bridgehead atoms. The number of benzene rings is 11. The minimum atomic E-state index is 0.857. The van der Waals surface area contributed by atoms with E-state index in [9.17, 15) is 0 Å². The first kappa shape index (κ1) is 35.4. The lowest BCUT2D eigenvalue weighted by Crippen LogP contribution is -2.10. The van der Waals surface area contributed by atoms with Crippen LogP contribution in [0.5, 0.6) is 0 Å². The van der Waals surface area contributed by atoms with Crippen LogP contribution in [0.4, 0.5) is 17.1 Å². The van der Waals surface area contributed by atoms with Crippen LogP contribution in [0.2, 0.25) is 0 Å². The lowest BCUT2D eigenvalue weighted by atomic mass is 9.94. The Morgan fingerprint density at radius 2 is 0.746 bits per heavy atom. The third-order valence-electron chi connectivity index (χ3n) is 12.9. The highest BCUT2D eigenvalue weighted by Crippen LogP contribution is 2.46. The molecule has 0 aliphatic rings. The molecule has 2 aromatic heterocycles. The van der Waals surface area contributed by atoms with Gasteiger partial charge in [0.25, 0.3) is 0 Å². The highest BCUT2D eigenvalue weighted by molar-refractivity contribution is 6.32. The van der Waals surface area contributed by atoms with Gasteiger partial charge >= 0.3 is 0 Å². The second-order valence-corrected chi connectivity index (χ2v) is 16.4. The first-order valence-corrected chi connectivity index (χ1v) is 21.5. The van der Waals surface area contributed by atoms with Crippen molar-refractivity contribution in [3.05, 3.63) is 224 Å². The molecular formula is C60H37NO2. The maximum atomic E-state index is 6.68. The quantitative estimate of drug-likeness (QED) is 0.168. The number of hydrogen-bond donors (Lipinski definition) is 0. The van der Waals surface area contributed by atoms with Gasteiger partial charge in [-0.25, -0.2) is 0 Å². The third kappa shape index (κ3) is 5.67. The van der Waals surface area contributed by atoms with Gasteiger partial charge in [0.2, 0.25) is 0 Å².